The molecule has 1 aromatic rings. The van der Waals surface area contributed by atoms with Crippen molar-refractivity contribution in [2.45, 2.75) is 37.8 Å². The number of aliphatic imine (C=N–C) groups is 1. The highest BCUT2D eigenvalue weighted by Gasteiger charge is 2.47. The third kappa shape index (κ3) is 3.87. The van der Waals surface area contributed by atoms with Crippen LogP contribution in [-0.4, -0.2) is 58.1 Å². The normalized spacial score (nSPS) is 25.0. The first-order valence-electron chi connectivity index (χ1n) is 10.5. The average Bonchev–Trinajstić information content (AvgIpc) is 3.40. The monoisotopic (exact) mass is 422 g/mol. The number of amidine groups is 1. The fraction of sp³-hybridized carbons (Fsp3) is 0.478. The second kappa shape index (κ2) is 8.84. The molecule has 2 saturated heterocycles. The Morgan fingerprint density at radius 1 is 1.43 bits per heavy atom. The van der Waals surface area contributed by atoms with Crippen molar-refractivity contribution in [3.63, 3.8) is 0 Å². The molecule has 30 heavy (non-hydrogen) atoms. The minimum atomic E-state index is -0.115. The molecular formula is C23H30N6S. The van der Waals surface area contributed by atoms with Gasteiger partial charge in [-0.2, -0.15) is 5.26 Å². The molecule has 1 N–H and O–H groups in total. The molecule has 158 valence electrons. The predicted molar refractivity (Wildman–Crippen MR) is 125 cm³/mol. The number of nitrogens with zero attached hydrogens (tertiary/aromatic N) is 5. The van der Waals surface area contributed by atoms with Crippen LogP contribution in [0.2, 0.25) is 0 Å². The smallest absolute Gasteiger partial charge is 0.137 e. The number of piperidine rings is 1. The molecule has 0 atom stereocenters. The molecule has 0 unspecified atom stereocenters. The number of hydrogen-bond donors (Lipinski definition) is 1. The summed E-state index contributed by atoms with van der Waals surface area (Å²) in [7, 11) is 0. The molecule has 3 aliphatic rings. The maximum Gasteiger partial charge on any atom is 0.137 e. The van der Waals surface area contributed by atoms with Gasteiger partial charge in [-0.1, -0.05) is 18.5 Å². The van der Waals surface area contributed by atoms with Crippen molar-refractivity contribution in [3.05, 3.63) is 54.7 Å². The second-order valence-corrected chi connectivity index (χ2v) is 9.17. The molecule has 4 heterocycles. The van der Waals surface area contributed by atoms with E-state index in [9.17, 15) is 5.26 Å². The third-order valence-corrected chi connectivity index (χ3v) is 7.51. The Hall–Kier alpha value is -2.27. The maximum absolute atomic E-state index is 9.53. The van der Waals surface area contributed by atoms with Crippen LogP contribution in [0.15, 0.2) is 54.1 Å². The molecule has 6 nitrogen and oxygen atoms in total. The van der Waals surface area contributed by atoms with Gasteiger partial charge in [0.2, 0.25) is 0 Å². The molecule has 1 aromatic heterocycles. The Labute approximate surface area is 183 Å². The highest BCUT2D eigenvalue weighted by Crippen LogP contribution is 2.37. The van der Waals surface area contributed by atoms with Crippen LogP contribution in [0.1, 0.15) is 31.7 Å². The molecule has 0 bridgehead atoms. The molecule has 7 heteroatoms. The van der Waals surface area contributed by atoms with E-state index in [1.54, 1.807) is 6.20 Å². The average molecular weight is 423 g/mol. The summed E-state index contributed by atoms with van der Waals surface area (Å²) in [5.41, 5.74) is 3.30. The largest absolute Gasteiger partial charge is 0.346 e. The van der Waals surface area contributed by atoms with Gasteiger partial charge in [0.25, 0.3) is 0 Å². The van der Waals surface area contributed by atoms with Crippen LogP contribution >= 0.6 is 11.9 Å². The number of hydrogen-bond acceptors (Lipinski definition) is 5. The number of nitrogens with one attached hydrogen (secondary N) is 1. The van der Waals surface area contributed by atoms with E-state index in [0.29, 0.717) is 12.5 Å². The summed E-state index contributed by atoms with van der Waals surface area (Å²) in [6, 6.07) is 5.24. The lowest BCUT2D eigenvalue weighted by molar-refractivity contribution is -0.0309. The molecule has 0 aromatic carbocycles. The number of likely N-dealkylation sites (tertiary alicyclic amines) is 1. The molecule has 4 rings (SSSR count). The summed E-state index contributed by atoms with van der Waals surface area (Å²) < 4.78 is 4.73. The molecule has 3 aliphatic heterocycles. The van der Waals surface area contributed by atoms with Gasteiger partial charge in [-0.25, -0.2) is 4.99 Å². The van der Waals surface area contributed by atoms with Gasteiger partial charge in [-0.3, -0.25) is 9.21 Å². The van der Waals surface area contributed by atoms with Crippen LogP contribution in [0.5, 0.6) is 0 Å². The number of aromatic nitrogens is 1. The van der Waals surface area contributed by atoms with Crippen molar-refractivity contribution in [2.24, 2.45) is 4.99 Å². The van der Waals surface area contributed by atoms with E-state index in [1.807, 2.05) is 24.2 Å². The molecule has 0 saturated carbocycles. The summed E-state index contributed by atoms with van der Waals surface area (Å²) >= 11 is 1.85. The lowest BCUT2D eigenvalue weighted by Crippen LogP contribution is -2.65. The lowest BCUT2D eigenvalue weighted by Gasteiger charge is -2.54. The van der Waals surface area contributed by atoms with E-state index < -0.39 is 0 Å². The van der Waals surface area contributed by atoms with Crippen LogP contribution in [-0.2, 0) is 5.54 Å². The standard InChI is InChI=1S/C23H30N6S/c1-4-25-22-21(5-11-26-22)18(2)19-6-12-28(15-19)23(9-10-24)16-27(17-23)20-7-13-29(30-3)14-8-20/h4-6,11-12,15,20H,1,7-9,13-14,16-17H2,2-3H3,(H,25,26)/b21-18+. The highest BCUT2D eigenvalue weighted by atomic mass is 32.2. The fourth-order valence-electron chi connectivity index (χ4n) is 4.80. The Morgan fingerprint density at radius 2 is 2.20 bits per heavy atom. The zero-order chi connectivity index (χ0) is 21.1. The van der Waals surface area contributed by atoms with Gasteiger partial charge in [0.1, 0.15) is 5.84 Å². The molecule has 0 radical (unpaired) electrons. The van der Waals surface area contributed by atoms with Crippen molar-refractivity contribution in [1.82, 2.24) is 19.1 Å². The van der Waals surface area contributed by atoms with Crippen molar-refractivity contribution in [2.75, 3.05) is 32.4 Å². The van der Waals surface area contributed by atoms with Crippen molar-refractivity contribution < 1.29 is 0 Å². The Kier molecular flexibility index (Phi) is 6.19. The Morgan fingerprint density at radius 3 is 2.87 bits per heavy atom. The van der Waals surface area contributed by atoms with Crippen molar-refractivity contribution in [1.29, 1.82) is 5.26 Å². The van der Waals surface area contributed by atoms with Crippen molar-refractivity contribution in [3.8, 4) is 6.07 Å². The summed E-state index contributed by atoms with van der Waals surface area (Å²) in [6.07, 6.45) is 15.0. The van der Waals surface area contributed by atoms with Gasteiger partial charge in [-0.05, 0) is 49.3 Å². The van der Waals surface area contributed by atoms with E-state index in [1.165, 1.54) is 24.0 Å². The molecular weight excluding hydrogens is 392 g/mol. The fourth-order valence-corrected chi connectivity index (χ4v) is 5.38. The zero-order valence-electron chi connectivity index (χ0n) is 17.8. The van der Waals surface area contributed by atoms with Crippen LogP contribution in [0.3, 0.4) is 0 Å². The minimum absolute atomic E-state index is 0.115. The van der Waals surface area contributed by atoms with Crippen LogP contribution in [0.25, 0.3) is 5.57 Å². The lowest BCUT2D eigenvalue weighted by atomic mass is 9.83. The second-order valence-electron chi connectivity index (χ2n) is 8.29. The molecule has 0 aliphatic carbocycles. The van der Waals surface area contributed by atoms with E-state index in [0.717, 1.165) is 37.6 Å². The van der Waals surface area contributed by atoms with Crippen LogP contribution in [0.4, 0.5) is 0 Å². The molecule has 0 amide bonds. The van der Waals surface area contributed by atoms with Gasteiger partial charge in [0.15, 0.2) is 0 Å². The first-order chi connectivity index (χ1) is 14.6. The summed E-state index contributed by atoms with van der Waals surface area (Å²) in [5, 5.41) is 12.7. The number of allylic oxidation sites excluding steroid dienone is 1. The van der Waals surface area contributed by atoms with Crippen molar-refractivity contribution >= 4 is 23.4 Å². The van der Waals surface area contributed by atoms with Gasteiger partial charge < -0.3 is 9.88 Å². The predicted octanol–water partition coefficient (Wildman–Crippen LogP) is 3.59. The molecule has 2 fully saturated rings. The zero-order valence-corrected chi connectivity index (χ0v) is 18.7. The topological polar surface area (TPSA) is 59.6 Å². The van der Waals surface area contributed by atoms with E-state index >= 15 is 0 Å². The first kappa shape index (κ1) is 21.0. The molecule has 0 spiro atoms. The summed E-state index contributed by atoms with van der Waals surface area (Å²) in [6.45, 7) is 10.0. The van der Waals surface area contributed by atoms with Gasteiger partial charge in [0.05, 0.1) is 18.0 Å². The first-order valence-corrected chi connectivity index (χ1v) is 11.7. The summed E-state index contributed by atoms with van der Waals surface area (Å²) in [4.78, 5) is 6.91. The summed E-state index contributed by atoms with van der Waals surface area (Å²) in [5.74, 6) is 0.827. The van der Waals surface area contributed by atoms with Gasteiger partial charge in [0, 0.05) is 62.6 Å². The minimum Gasteiger partial charge on any atom is -0.346 e. The number of rotatable bonds is 6. The quantitative estimate of drug-likeness (QED) is 0.710. The SMILES string of the molecule is C=C/N=C1/NC=C/C1=C(/C)c1ccn(C2(CC#N)CN(C3CCN(SC)CC3)C2)c1. The maximum atomic E-state index is 9.53. The number of nitriles is 1. The third-order valence-electron chi connectivity index (χ3n) is 6.62. The van der Waals surface area contributed by atoms with Crippen LogP contribution in [0, 0.1) is 11.3 Å². The van der Waals surface area contributed by atoms with Gasteiger partial charge in [-0.15, -0.1) is 0 Å². The van der Waals surface area contributed by atoms with E-state index in [4.69, 9.17) is 0 Å². The highest BCUT2D eigenvalue weighted by molar-refractivity contribution is 7.96. The van der Waals surface area contributed by atoms with E-state index in [2.05, 4.69) is 68.4 Å². The van der Waals surface area contributed by atoms with Crippen LogP contribution < -0.4 is 5.32 Å². The van der Waals surface area contributed by atoms with Gasteiger partial charge >= 0.3 is 0 Å². The Bertz CT molecular complexity index is 920. The Balaban J connectivity index is 1.50. The van der Waals surface area contributed by atoms with E-state index in [-0.39, 0.29) is 5.54 Å².